The Hall–Kier alpha value is -2.71. The van der Waals surface area contributed by atoms with Crippen molar-refractivity contribution in [1.29, 1.82) is 0 Å². The van der Waals surface area contributed by atoms with Gasteiger partial charge in [0.25, 0.3) is 5.91 Å². The van der Waals surface area contributed by atoms with Gasteiger partial charge in [-0.25, -0.2) is 8.42 Å². The summed E-state index contributed by atoms with van der Waals surface area (Å²) < 4.78 is 27.5. The zero-order chi connectivity index (χ0) is 23.3. The van der Waals surface area contributed by atoms with Crippen LogP contribution in [0.4, 0.5) is 0 Å². The van der Waals surface area contributed by atoms with Gasteiger partial charge in [0, 0.05) is 37.7 Å². The largest absolute Gasteiger partial charge is 0.352 e. The van der Waals surface area contributed by atoms with Gasteiger partial charge in [-0.05, 0) is 62.9 Å². The average Bonchev–Trinajstić information content (AvgIpc) is 2.77. The first-order valence-corrected chi connectivity index (χ1v) is 12.4. The lowest BCUT2D eigenvalue weighted by Gasteiger charge is -2.31. The Balaban J connectivity index is 1.56. The van der Waals surface area contributed by atoms with Crippen molar-refractivity contribution >= 4 is 21.8 Å². The molecule has 2 N–H and O–H groups in total. The topological polar surface area (TPSA) is 95.6 Å². The van der Waals surface area contributed by atoms with E-state index in [1.54, 1.807) is 37.3 Å². The summed E-state index contributed by atoms with van der Waals surface area (Å²) in [6, 6.07) is 12.5. The molecule has 0 bridgehead atoms. The first kappa shape index (κ1) is 23.9. The Bertz CT molecular complexity index is 1090. The highest BCUT2D eigenvalue weighted by Crippen LogP contribution is 2.26. The van der Waals surface area contributed by atoms with Gasteiger partial charge in [-0.1, -0.05) is 29.8 Å². The maximum Gasteiger partial charge on any atom is 0.251 e. The van der Waals surface area contributed by atoms with E-state index in [2.05, 4.69) is 10.6 Å². The molecule has 0 atom stereocenters. The molecular weight excluding hydrogens is 426 g/mol. The predicted octanol–water partition coefficient (Wildman–Crippen LogP) is 2.77. The Morgan fingerprint density at radius 3 is 2.41 bits per heavy atom. The van der Waals surface area contributed by atoms with Gasteiger partial charge < -0.3 is 10.6 Å². The van der Waals surface area contributed by atoms with Crippen molar-refractivity contribution in [3.63, 3.8) is 0 Å². The molecule has 1 aliphatic rings. The third-order valence-electron chi connectivity index (χ3n) is 5.77. The van der Waals surface area contributed by atoms with E-state index >= 15 is 0 Å². The van der Waals surface area contributed by atoms with Crippen molar-refractivity contribution in [3.8, 4) is 0 Å². The molecule has 0 spiro atoms. The van der Waals surface area contributed by atoms with Crippen LogP contribution in [-0.2, 0) is 21.4 Å². The number of rotatable bonds is 7. The SMILES string of the molecule is CCNC(=O)c1cccc(CNC(=O)C2CCN(S(=O)(=O)c3ccc(C)cc3C)CC2)c1. The van der Waals surface area contributed by atoms with E-state index in [-0.39, 0.29) is 17.7 Å². The van der Waals surface area contributed by atoms with Crippen molar-refractivity contribution in [1.82, 2.24) is 14.9 Å². The van der Waals surface area contributed by atoms with E-state index in [9.17, 15) is 18.0 Å². The fraction of sp³-hybridized carbons (Fsp3) is 0.417. The van der Waals surface area contributed by atoms with Crippen LogP contribution in [0.1, 0.15) is 46.8 Å². The summed E-state index contributed by atoms with van der Waals surface area (Å²) >= 11 is 0. The molecule has 0 unspecified atom stereocenters. The van der Waals surface area contributed by atoms with Gasteiger partial charge >= 0.3 is 0 Å². The number of benzene rings is 2. The number of carbonyl (C=O) groups is 2. The summed E-state index contributed by atoms with van der Waals surface area (Å²) in [6.45, 7) is 7.12. The normalized spacial score (nSPS) is 15.3. The highest BCUT2D eigenvalue weighted by Gasteiger charge is 2.32. The van der Waals surface area contributed by atoms with Crippen LogP contribution >= 0.6 is 0 Å². The molecule has 172 valence electrons. The molecule has 0 aromatic heterocycles. The van der Waals surface area contributed by atoms with Crippen molar-refractivity contribution in [2.45, 2.75) is 45.1 Å². The van der Waals surface area contributed by atoms with Gasteiger partial charge in [0.05, 0.1) is 4.90 Å². The molecule has 1 aliphatic heterocycles. The number of sulfonamides is 1. The summed E-state index contributed by atoms with van der Waals surface area (Å²) in [4.78, 5) is 25.0. The van der Waals surface area contributed by atoms with Crippen LogP contribution in [-0.4, -0.2) is 44.2 Å². The standard InChI is InChI=1S/C24H31N3O4S/c1-4-25-24(29)21-7-5-6-19(15-21)16-26-23(28)20-10-12-27(13-11-20)32(30,31)22-9-8-17(2)14-18(22)3/h5-9,14-15,20H,4,10-13,16H2,1-3H3,(H,25,29)(H,26,28). The van der Waals surface area contributed by atoms with E-state index in [4.69, 9.17) is 0 Å². The van der Waals surface area contributed by atoms with Crippen LogP contribution in [0.15, 0.2) is 47.4 Å². The van der Waals surface area contributed by atoms with E-state index in [1.165, 1.54) is 4.31 Å². The quantitative estimate of drug-likeness (QED) is 0.668. The number of carbonyl (C=O) groups excluding carboxylic acids is 2. The molecular formula is C24H31N3O4S. The summed E-state index contributed by atoms with van der Waals surface area (Å²) in [6.07, 6.45) is 0.962. The molecule has 32 heavy (non-hydrogen) atoms. The van der Waals surface area contributed by atoms with Crippen molar-refractivity contribution in [2.24, 2.45) is 5.92 Å². The van der Waals surface area contributed by atoms with Crippen LogP contribution in [0.3, 0.4) is 0 Å². The maximum absolute atomic E-state index is 13.0. The zero-order valence-electron chi connectivity index (χ0n) is 18.8. The lowest BCUT2D eigenvalue weighted by Crippen LogP contribution is -2.43. The van der Waals surface area contributed by atoms with Crippen LogP contribution < -0.4 is 10.6 Å². The summed E-state index contributed by atoms with van der Waals surface area (Å²) in [7, 11) is -3.57. The lowest BCUT2D eigenvalue weighted by molar-refractivity contribution is -0.126. The van der Waals surface area contributed by atoms with Gasteiger partial charge in [0.2, 0.25) is 15.9 Å². The number of nitrogens with zero attached hydrogens (tertiary/aromatic N) is 1. The van der Waals surface area contributed by atoms with Gasteiger partial charge in [-0.2, -0.15) is 4.31 Å². The predicted molar refractivity (Wildman–Crippen MR) is 124 cm³/mol. The smallest absolute Gasteiger partial charge is 0.251 e. The second kappa shape index (κ2) is 10.3. The molecule has 1 fully saturated rings. The minimum absolute atomic E-state index is 0.0861. The number of hydrogen-bond donors (Lipinski definition) is 2. The van der Waals surface area contributed by atoms with Crippen LogP contribution in [0.2, 0.25) is 0 Å². The monoisotopic (exact) mass is 457 g/mol. The molecule has 2 amide bonds. The van der Waals surface area contributed by atoms with Gasteiger partial charge in [0.15, 0.2) is 0 Å². The number of aryl methyl sites for hydroxylation is 2. The molecule has 0 aliphatic carbocycles. The molecule has 3 rings (SSSR count). The summed E-state index contributed by atoms with van der Waals surface area (Å²) in [5.74, 6) is -0.456. The van der Waals surface area contributed by atoms with Crippen LogP contribution in [0.5, 0.6) is 0 Å². The Morgan fingerprint density at radius 2 is 1.75 bits per heavy atom. The number of piperidine rings is 1. The third kappa shape index (κ3) is 5.55. The highest BCUT2D eigenvalue weighted by atomic mass is 32.2. The second-order valence-electron chi connectivity index (χ2n) is 8.22. The lowest BCUT2D eigenvalue weighted by atomic mass is 9.97. The minimum atomic E-state index is -3.57. The van der Waals surface area contributed by atoms with Gasteiger partial charge in [0.1, 0.15) is 0 Å². The van der Waals surface area contributed by atoms with E-state index in [0.717, 1.165) is 16.7 Å². The first-order valence-electron chi connectivity index (χ1n) is 10.9. The van der Waals surface area contributed by atoms with Crippen LogP contribution in [0, 0.1) is 19.8 Å². The van der Waals surface area contributed by atoms with E-state index in [0.29, 0.717) is 49.5 Å². The summed E-state index contributed by atoms with van der Waals surface area (Å²) in [5, 5.41) is 5.69. The van der Waals surface area contributed by atoms with Gasteiger partial charge in [-0.15, -0.1) is 0 Å². The fourth-order valence-electron chi connectivity index (χ4n) is 4.00. The van der Waals surface area contributed by atoms with Crippen molar-refractivity contribution < 1.29 is 18.0 Å². The Kier molecular flexibility index (Phi) is 7.69. The van der Waals surface area contributed by atoms with Gasteiger partial charge in [-0.3, -0.25) is 9.59 Å². The van der Waals surface area contributed by atoms with Crippen molar-refractivity contribution in [2.75, 3.05) is 19.6 Å². The maximum atomic E-state index is 13.0. The fourth-order valence-corrected chi connectivity index (χ4v) is 5.68. The zero-order valence-corrected chi connectivity index (χ0v) is 19.7. The molecule has 8 heteroatoms. The first-order chi connectivity index (χ1) is 15.2. The number of amides is 2. The second-order valence-corrected chi connectivity index (χ2v) is 10.1. The molecule has 1 heterocycles. The summed E-state index contributed by atoms with van der Waals surface area (Å²) in [5.41, 5.74) is 3.16. The van der Waals surface area contributed by atoms with E-state index in [1.807, 2.05) is 26.0 Å². The average molecular weight is 458 g/mol. The molecule has 2 aromatic carbocycles. The van der Waals surface area contributed by atoms with Crippen molar-refractivity contribution in [3.05, 3.63) is 64.7 Å². The number of hydrogen-bond acceptors (Lipinski definition) is 4. The molecule has 1 saturated heterocycles. The third-order valence-corrected chi connectivity index (χ3v) is 7.83. The Morgan fingerprint density at radius 1 is 1.03 bits per heavy atom. The molecule has 7 nitrogen and oxygen atoms in total. The molecule has 2 aromatic rings. The van der Waals surface area contributed by atoms with Crippen LogP contribution in [0.25, 0.3) is 0 Å². The minimum Gasteiger partial charge on any atom is -0.352 e. The Labute approximate surface area is 190 Å². The van der Waals surface area contributed by atoms with E-state index < -0.39 is 10.0 Å². The number of nitrogens with one attached hydrogen (secondary N) is 2. The molecule has 0 saturated carbocycles. The molecule has 0 radical (unpaired) electrons. The highest BCUT2D eigenvalue weighted by molar-refractivity contribution is 7.89.